The zero-order valence-electron chi connectivity index (χ0n) is 12.1. The molecule has 2 aromatic rings. The van der Waals surface area contributed by atoms with Crippen LogP contribution in [-0.4, -0.2) is 11.4 Å². The van der Waals surface area contributed by atoms with E-state index in [1.165, 1.54) is 0 Å². The number of ether oxygens (including phenoxy) is 1. The van der Waals surface area contributed by atoms with E-state index >= 15 is 0 Å². The minimum Gasteiger partial charge on any atom is -0.487 e. The van der Waals surface area contributed by atoms with E-state index in [1.807, 2.05) is 49.4 Å². The Kier molecular flexibility index (Phi) is 2.89. The van der Waals surface area contributed by atoms with Crippen molar-refractivity contribution in [2.24, 2.45) is 0 Å². The number of carbonyl (C=O) groups excluding carboxylic acids is 1. The Labute approximate surface area is 119 Å². The first-order valence-electron chi connectivity index (χ1n) is 6.88. The highest BCUT2D eigenvalue weighted by atomic mass is 16.5. The molecule has 1 aliphatic rings. The third-order valence-electron chi connectivity index (χ3n) is 3.71. The molecule has 1 heterocycles. The number of aryl methyl sites for hydroxylation is 1. The first-order chi connectivity index (χ1) is 9.46. The molecule has 0 aromatic heterocycles. The number of fused-ring (bicyclic) bond motifs is 1. The Morgan fingerprint density at radius 3 is 2.65 bits per heavy atom. The topological polar surface area (TPSA) is 26.3 Å². The number of carbonyl (C=O) groups is 1. The zero-order chi connectivity index (χ0) is 14.3. The standard InChI is InChI=1S/C18H18O2/c1-12-6-4-5-7-15(12)17(19)13-8-9-16-14(10-13)11-18(2,3)20-16/h4-10H,11H2,1-3H3. The SMILES string of the molecule is Cc1ccccc1C(=O)c1ccc2c(c1)CC(C)(C)O2. The molecule has 0 amide bonds. The minimum atomic E-state index is -0.174. The summed E-state index contributed by atoms with van der Waals surface area (Å²) in [7, 11) is 0. The molecule has 0 N–H and O–H groups in total. The molecular formula is C18H18O2. The molecule has 0 saturated heterocycles. The van der Waals surface area contributed by atoms with Crippen LogP contribution in [0, 0.1) is 6.92 Å². The van der Waals surface area contributed by atoms with E-state index in [4.69, 9.17) is 4.74 Å². The average molecular weight is 266 g/mol. The molecule has 20 heavy (non-hydrogen) atoms. The summed E-state index contributed by atoms with van der Waals surface area (Å²) in [5.41, 5.74) is 3.46. The third-order valence-corrected chi connectivity index (χ3v) is 3.71. The van der Waals surface area contributed by atoms with Gasteiger partial charge in [0.25, 0.3) is 0 Å². The van der Waals surface area contributed by atoms with Crippen molar-refractivity contribution in [2.45, 2.75) is 32.8 Å². The lowest BCUT2D eigenvalue weighted by molar-refractivity contribution is 0.103. The fourth-order valence-corrected chi connectivity index (χ4v) is 2.73. The molecule has 0 bridgehead atoms. The number of hydrogen-bond acceptors (Lipinski definition) is 2. The van der Waals surface area contributed by atoms with E-state index < -0.39 is 0 Å². The third kappa shape index (κ3) is 2.22. The molecule has 0 aliphatic carbocycles. The summed E-state index contributed by atoms with van der Waals surface area (Å²) in [6.07, 6.45) is 0.844. The second-order valence-electron chi connectivity index (χ2n) is 6.01. The van der Waals surface area contributed by atoms with E-state index in [2.05, 4.69) is 13.8 Å². The Balaban J connectivity index is 1.98. The Morgan fingerprint density at radius 2 is 1.90 bits per heavy atom. The van der Waals surface area contributed by atoms with Gasteiger partial charge in [0, 0.05) is 17.5 Å². The monoisotopic (exact) mass is 266 g/mol. The van der Waals surface area contributed by atoms with Gasteiger partial charge in [-0.05, 0) is 50.1 Å². The van der Waals surface area contributed by atoms with Gasteiger partial charge in [-0.15, -0.1) is 0 Å². The van der Waals surface area contributed by atoms with Gasteiger partial charge >= 0.3 is 0 Å². The molecule has 1 aliphatic heterocycles. The van der Waals surface area contributed by atoms with E-state index in [1.54, 1.807) is 0 Å². The molecule has 0 fully saturated rings. The normalized spacial score (nSPS) is 15.6. The second kappa shape index (κ2) is 4.48. The van der Waals surface area contributed by atoms with Crippen LogP contribution < -0.4 is 4.74 Å². The molecule has 0 radical (unpaired) electrons. The first kappa shape index (κ1) is 12.9. The van der Waals surface area contributed by atoms with Crippen LogP contribution in [0.25, 0.3) is 0 Å². The van der Waals surface area contributed by atoms with Crippen LogP contribution in [0.15, 0.2) is 42.5 Å². The van der Waals surface area contributed by atoms with Crippen LogP contribution in [0.5, 0.6) is 5.75 Å². The van der Waals surface area contributed by atoms with Crippen LogP contribution in [0.1, 0.15) is 40.9 Å². The number of benzene rings is 2. The lowest BCUT2D eigenvalue weighted by Gasteiger charge is -2.16. The van der Waals surface area contributed by atoms with Crippen molar-refractivity contribution in [2.75, 3.05) is 0 Å². The van der Waals surface area contributed by atoms with Gasteiger partial charge in [0.15, 0.2) is 5.78 Å². The fraction of sp³-hybridized carbons (Fsp3) is 0.278. The van der Waals surface area contributed by atoms with Crippen LogP contribution in [-0.2, 0) is 6.42 Å². The van der Waals surface area contributed by atoms with Gasteiger partial charge < -0.3 is 4.74 Å². The van der Waals surface area contributed by atoms with Crippen molar-refractivity contribution < 1.29 is 9.53 Å². The number of ketones is 1. The summed E-state index contributed by atoms with van der Waals surface area (Å²) in [5.74, 6) is 0.979. The maximum Gasteiger partial charge on any atom is 0.193 e. The Morgan fingerprint density at radius 1 is 1.15 bits per heavy atom. The zero-order valence-corrected chi connectivity index (χ0v) is 12.1. The molecule has 0 unspecified atom stereocenters. The highest BCUT2D eigenvalue weighted by Gasteiger charge is 2.30. The van der Waals surface area contributed by atoms with Crippen LogP contribution >= 0.6 is 0 Å². The Hall–Kier alpha value is -2.09. The molecule has 3 rings (SSSR count). The predicted octanol–water partition coefficient (Wildman–Crippen LogP) is 3.94. The van der Waals surface area contributed by atoms with Gasteiger partial charge in [-0.1, -0.05) is 24.3 Å². The smallest absolute Gasteiger partial charge is 0.193 e. The maximum atomic E-state index is 12.6. The van der Waals surface area contributed by atoms with E-state index in [0.717, 1.165) is 34.4 Å². The molecule has 102 valence electrons. The molecule has 2 nitrogen and oxygen atoms in total. The predicted molar refractivity (Wildman–Crippen MR) is 79.5 cm³/mol. The number of hydrogen-bond donors (Lipinski definition) is 0. The summed E-state index contributed by atoms with van der Waals surface area (Å²) in [4.78, 5) is 12.6. The van der Waals surface area contributed by atoms with Gasteiger partial charge in [-0.25, -0.2) is 0 Å². The fourth-order valence-electron chi connectivity index (χ4n) is 2.73. The van der Waals surface area contributed by atoms with Crippen LogP contribution in [0.3, 0.4) is 0 Å². The minimum absolute atomic E-state index is 0.0793. The summed E-state index contributed by atoms with van der Waals surface area (Å²) >= 11 is 0. The molecule has 2 aromatic carbocycles. The van der Waals surface area contributed by atoms with Crippen molar-refractivity contribution in [1.29, 1.82) is 0 Å². The van der Waals surface area contributed by atoms with Gasteiger partial charge in [-0.2, -0.15) is 0 Å². The summed E-state index contributed by atoms with van der Waals surface area (Å²) in [5, 5.41) is 0. The molecule has 2 heteroatoms. The highest BCUT2D eigenvalue weighted by Crippen LogP contribution is 2.35. The van der Waals surface area contributed by atoms with Gasteiger partial charge in [0.2, 0.25) is 0 Å². The van der Waals surface area contributed by atoms with E-state index in [9.17, 15) is 4.79 Å². The summed E-state index contributed by atoms with van der Waals surface area (Å²) < 4.78 is 5.85. The highest BCUT2D eigenvalue weighted by molar-refractivity contribution is 6.10. The van der Waals surface area contributed by atoms with Crippen molar-refractivity contribution >= 4 is 5.78 Å². The van der Waals surface area contributed by atoms with Crippen molar-refractivity contribution in [3.05, 3.63) is 64.7 Å². The van der Waals surface area contributed by atoms with Gasteiger partial charge in [0.1, 0.15) is 11.4 Å². The second-order valence-corrected chi connectivity index (χ2v) is 6.01. The van der Waals surface area contributed by atoms with E-state index in [0.29, 0.717) is 0 Å². The summed E-state index contributed by atoms with van der Waals surface area (Å²) in [6.45, 7) is 6.10. The average Bonchev–Trinajstić information content (AvgIpc) is 2.71. The van der Waals surface area contributed by atoms with Crippen molar-refractivity contribution in [3.63, 3.8) is 0 Å². The molecular weight excluding hydrogens is 248 g/mol. The number of rotatable bonds is 2. The first-order valence-corrected chi connectivity index (χ1v) is 6.88. The maximum absolute atomic E-state index is 12.6. The molecule has 0 saturated carbocycles. The van der Waals surface area contributed by atoms with Gasteiger partial charge in [-0.3, -0.25) is 4.79 Å². The lowest BCUT2D eigenvalue weighted by Crippen LogP contribution is -2.24. The molecule has 0 spiro atoms. The largest absolute Gasteiger partial charge is 0.487 e. The van der Waals surface area contributed by atoms with E-state index in [-0.39, 0.29) is 11.4 Å². The molecule has 0 atom stereocenters. The quantitative estimate of drug-likeness (QED) is 0.770. The van der Waals surface area contributed by atoms with Crippen molar-refractivity contribution in [3.8, 4) is 5.75 Å². The van der Waals surface area contributed by atoms with Crippen LogP contribution in [0.2, 0.25) is 0 Å². The Bertz CT molecular complexity index is 684. The van der Waals surface area contributed by atoms with Gasteiger partial charge in [0.05, 0.1) is 0 Å². The van der Waals surface area contributed by atoms with Crippen LogP contribution in [0.4, 0.5) is 0 Å². The lowest BCUT2D eigenvalue weighted by atomic mass is 9.95. The van der Waals surface area contributed by atoms with Crippen molar-refractivity contribution in [1.82, 2.24) is 0 Å². The summed E-state index contributed by atoms with van der Waals surface area (Å²) in [6, 6.07) is 13.4.